The van der Waals surface area contributed by atoms with Crippen molar-refractivity contribution in [3.8, 4) is 0 Å². The van der Waals surface area contributed by atoms with E-state index >= 15 is 0 Å². The van der Waals surface area contributed by atoms with Gasteiger partial charge < -0.3 is 9.80 Å². The lowest BCUT2D eigenvalue weighted by Crippen LogP contribution is -2.38. The van der Waals surface area contributed by atoms with Gasteiger partial charge in [-0.15, -0.1) is 0 Å². The first-order valence-corrected chi connectivity index (χ1v) is 7.11. The van der Waals surface area contributed by atoms with Crippen LogP contribution in [0.15, 0.2) is 12.4 Å². The van der Waals surface area contributed by atoms with E-state index in [4.69, 9.17) is 0 Å². The Labute approximate surface area is 111 Å². The van der Waals surface area contributed by atoms with Crippen molar-refractivity contribution < 1.29 is 0 Å². The van der Waals surface area contributed by atoms with Crippen LogP contribution < -0.4 is 4.90 Å². The Balaban J connectivity index is 2.08. The Morgan fingerprint density at radius 2 is 2.12 bits per heavy atom. The molecule has 1 aromatic rings. The van der Waals surface area contributed by atoms with Gasteiger partial charge in [-0.05, 0) is 32.5 Å². The van der Waals surface area contributed by atoms with Crippen molar-refractivity contribution in [3.63, 3.8) is 0 Å². The van der Waals surface area contributed by atoms with Crippen LogP contribution in [-0.2, 0) is 5.33 Å². The number of nitrogens with zero attached hydrogens (tertiary/aromatic N) is 4. The SMILES string of the molecule is CN(C)CC1CCCN1c1ncc(CBr)cn1. The fourth-order valence-electron chi connectivity index (χ4n) is 2.28. The summed E-state index contributed by atoms with van der Waals surface area (Å²) in [5.74, 6) is 0.874. The molecule has 0 radical (unpaired) electrons. The Bertz CT molecular complexity index is 352. The van der Waals surface area contributed by atoms with Crippen molar-refractivity contribution in [1.82, 2.24) is 14.9 Å². The molecular weight excluding hydrogens is 280 g/mol. The number of rotatable bonds is 4. The van der Waals surface area contributed by atoms with Gasteiger partial charge in [0.05, 0.1) is 0 Å². The summed E-state index contributed by atoms with van der Waals surface area (Å²) in [5, 5.41) is 0.814. The van der Waals surface area contributed by atoms with Gasteiger partial charge in [0.15, 0.2) is 0 Å². The minimum absolute atomic E-state index is 0.555. The standard InChI is InChI=1S/C12H19BrN4/c1-16(2)9-11-4-3-5-17(11)12-14-7-10(6-13)8-15-12/h7-8,11H,3-6,9H2,1-2H3. The zero-order valence-corrected chi connectivity index (χ0v) is 12.0. The van der Waals surface area contributed by atoms with Crippen LogP contribution in [0.2, 0.25) is 0 Å². The molecule has 1 atom stereocenters. The molecule has 94 valence electrons. The third-order valence-electron chi connectivity index (χ3n) is 3.06. The molecule has 2 heterocycles. The summed E-state index contributed by atoms with van der Waals surface area (Å²) in [4.78, 5) is 13.5. The average Bonchev–Trinajstić information content (AvgIpc) is 2.76. The summed E-state index contributed by atoms with van der Waals surface area (Å²) in [5.41, 5.74) is 1.12. The molecule has 0 aromatic carbocycles. The molecule has 2 rings (SSSR count). The van der Waals surface area contributed by atoms with Gasteiger partial charge in [-0.2, -0.15) is 0 Å². The number of hydrogen-bond acceptors (Lipinski definition) is 4. The molecule has 4 nitrogen and oxygen atoms in total. The molecule has 1 aliphatic heterocycles. The summed E-state index contributed by atoms with van der Waals surface area (Å²) < 4.78 is 0. The zero-order chi connectivity index (χ0) is 12.3. The molecule has 17 heavy (non-hydrogen) atoms. The predicted octanol–water partition coefficient (Wildman–Crippen LogP) is 1.90. The maximum atomic E-state index is 4.46. The smallest absolute Gasteiger partial charge is 0.225 e. The van der Waals surface area contributed by atoms with Crippen LogP contribution in [0.4, 0.5) is 5.95 Å². The van der Waals surface area contributed by atoms with Crippen LogP contribution in [0.5, 0.6) is 0 Å². The van der Waals surface area contributed by atoms with E-state index in [0.29, 0.717) is 6.04 Å². The molecule has 1 fully saturated rings. The number of hydrogen-bond donors (Lipinski definition) is 0. The predicted molar refractivity (Wildman–Crippen MR) is 73.6 cm³/mol. The molecule has 0 N–H and O–H groups in total. The van der Waals surface area contributed by atoms with Crippen LogP contribution in [0, 0.1) is 0 Å². The molecule has 5 heteroatoms. The number of aromatic nitrogens is 2. The van der Waals surface area contributed by atoms with Crippen LogP contribution in [-0.4, -0.2) is 48.1 Å². The number of likely N-dealkylation sites (N-methyl/N-ethyl adjacent to an activating group) is 1. The highest BCUT2D eigenvalue weighted by atomic mass is 79.9. The normalized spacial score (nSPS) is 20.2. The van der Waals surface area contributed by atoms with Crippen molar-refractivity contribution in [3.05, 3.63) is 18.0 Å². The first-order chi connectivity index (χ1) is 8.20. The third kappa shape index (κ3) is 3.16. The summed E-state index contributed by atoms with van der Waals surface area (Å²) in [7, 11) is 4.23. The topological polar surface area (TPSA) is 32.3 Å². The maximum absolute atomic E-state index is 4.46. The van der Waals surface area contributed by atoms with Crippen molar-refractivity contribution in [2.75, 3.05) is 32.1 Å². The van der Waals surface area contributed by atoms with E-state index in [-0.39, 0.29) is 0 Å². The van der Waals surface area contributed by atoms with E-state index in [0.717, 1.165) is 29.9 Å². The number of halogens is 1. The van der Waals surface area contributed by atoms with Gasteiger partial charge in [0.25, 0.3) is 0 Å². The van der Waals surface area contributed by atoms with Gasteiger partial charge in [0.1, 0.15) is 0 Å². The second kappa shape index (κ2) is 5.78. The minimum Gasteiger partial charge on any atom is -0.337 e. The monoisotopic (exact) mass is 298 g/mol. The molecule has 0 aliphatic carbocycles. The Morgan fingerprint density at radius 1 is 1.41 bits per heavy atom. The fraction of sp³-hybridized carbons (Fsp3) is 0.667. The molecule has 0 saturated carbocycles. The van der Waals surface area contributed by atoms with Crippen molar-refractivity contribution in [1.29, 1.82) is 0 Å². The molecule has 0 amide bonds. The Morgan fingerprint density at radius 3 is 2.71 bits per heavy atom. The highest BCUT2D eigenvalue weighted by Gasteiger charge is 2.26. The second-order valence-corrected chi connectivity index (χ2v) is 5.34. The molecule has 0 bridgehead atoms. The van der Waals surface area contributed by atoms with E-state index in [1.54, 1.807) is 0 Å². The summed E-state index contributed by atoms with van der Waals surface area (Å²) in [6, 6.07) is 0.555. The molecule has 1 unspecified atom stereocenters. The Kier molecular flexibility index (Phi) is 4.34. The van der Waals surface area contributed by atoms with E-state index in [2.05, 4.69) is 49.8 Å². The first-order valence-electron chi connectivity index (χ1n) is 5.99. The summed E-state index contributed by atoms with van der Waals surface area (Å²) in [6.07, 6.45) is 6.29. The lowest BCUT2D eigenvalue weighted by Gasteiger charge is -2.27. The van der Waals surface area contributed by atoms with Gasteiger partial charge in [-0.1, -0.05) is 15.9 Å². The van der Waals surface area contributed by atoms with Gasteiger partial charge in [-0.25, -0.2) is 9.97 Å². The molecule has 1 saturated heterocycles. The lowest BCUT2D eigenvalue weighted by molar-refractivity contribution is 0.371. The summed E-state index contributed by atoms with van der Waals surface area (Å²) >= 11 is 3.41. The molecule has 0 spiro atoms. The molecule has 1 aromatic heterocycles. The molecule has 1 aliphatic rings. The molecular formula is C12H19BrN4. The summed E-state index contributed by atoms with van der Waals surface area (Å²) in [6.45, 7) is 2.15. The Hall–Kier alpha value is -0.680. The average molecular weight is 299 g/mol. The van der Waals surface area contributed by atoms with Gasteiger partial charge >= 0.3 is 0 Å². The van der Waals surface area contributed by atoms with E-state index < -0.39 is 0 Å². The van der Waals surface area contributed by atoms with Gasteiger partial charge in [0.2, 0.25) is 5.95 Å². The number of alkyl halides is 1. The highest BCUT2D eigenvalue weighted by Crippen LogP contribution is 2.22. The third-order valence-corrected chi connectivity index (χ3v) is 3.70. The van der Waals surface area contributed by atoms with E-state index in [1.165, 1.54) is 12.8 Å². The first kappa shape index (κ1) is 12.8. The van der Waals surface area contributed by atoms with Crippen molar-refractivity contribution in [2.24, 2.45) is 0 Å². The maximum Gasteiger partial charge on any atom is 0.225 e. The largest absolute Gasteiger partial charge is 0.337 e. The second-order valence-electron chi connectivity index (χ2n) is 4.78. The van der Waals surface area contributed by atoms with Crippen molar-refractivity contribution >= 4 is 21.9 Å². The van der Waals surface area contributed by atoms with Crippen molar-refractivity contribution in [2.45, 2.75) is 24.2 Å². The fourth-order valence-corrected chi connectivity index (χ4v) is 2.57. The minimum atomic E-state index is 0.555. The lowest BCUT2D eigenvalue weighted by atomic mass is 10.2. The number of anilines is 1. The van der Waals surface area contributed by atoms with Gasteiger partial charge in [-0.3, -0.25) is 0 Å². The van der Waals surface area contributed by atoms with Crippen LogP contribution in [0.3, 0.4) is 0 Å². The quantitative estimate of drug-likeness (QED) is 0.795. The van der Waals surface area contributed by atoms with E-state index in [9.17, 15) is 0 Å². The van der Waals surface area contributed by atoms with Crippen LogP contribution >= 0.6 is 15.9 Å². The highest BCUT2D eigenvalue weighted by molar-refractivity contribution is 9.08. The zero-order valence-electron chi connectivity index (χ0n) is 10.4. The van der Waals surface area contributed by atoms with Gasteiger partial charge in [0, 0.05) is 36.9 Å². The van der Waals surface area contributed by atoms with E-state index in [1.807, 2.05) is 12.4 Å². The van der Waals surface area contributed by atoms with Crippen LogP contribution in [0.25, 0.3) is 0 Å². The van der Waals surface area contributed by atoms with Crippen LogP contribution in [0.1, 0.15) is 18.4 Å².